The zero-order valence-electron chi connectivity index (χ0n) is 16.9. The molecule has 2 aliphatic heterocycles. The Balaban J connectivity index is 1.17. The number of piperazine rings is 1. The molecular weight excluding hydrogens is 346 g/mol. The number of anilines is 1. The zero-order chi connectivity index (χ0) is 19.3. The third-order valence-electron chi connectivity index (χ3n) is 6.12. The summed E-state index contributed by atoms with van der Waals surface area (Å²) >= 11 is 0. The Morgan fingerprint density at radius 2 is 1.89 bits per heavy atom. The van der Waals surface area contributed by atoms with Gasteiger partial charge in [-0.15, -0.1) is 0 Å². The van der Waals surface area contributed by atoms with Gasteiger partial charge in [0.2, 0.25) is 0 Å². The topological polar surface area (TPSA) is 35.6 Å². The van der Waals surface area contributed by atoms with E-state index in [1.54, 1.807) is 0 Å². The number of para-hydroxylation sites is 1. The van der Waals surface area contributed by atoms with E-state index in [0.29, 0.717) is 6.04 Å². The van der Waals surface area contributed by atoms with Gasteiger partial charge in [0.05, 0.1) is 0 Å². The van der Waals surface area contributed by atoms with Crippen LogP contribution in [0.15, 0.2) is 48.5 Å². The van der Waals surface area contributed by atoms with Crippen LogP contribution in [0.5, 0.6) is 0 Å². The van der Waals surface area contributed by atoms with E-state index in [4.69, 9.17) is 0 Å². The van der Waals surface area contributed by atoms with Crippen LogP contribution in [-0.2, 0) is 6.42 Å². The molecule has 0 spiro atoms. The van der Waals surface area contributed by atoms with Gasteiger partial charge >= 0.3 is 0 Å². The van der Waals surface area contributed by atoms with E-state index >= 15 is 0 Å². The van der Waals surface area contributed by atoms with Crippen LogP contribution in [0, 0.1) is 6.92 Å². The molecule has 0 aromatic heterocycles. The van der Waals surface area contributed by atoms with Crippen molar-refractivity contribution in [1.82, 2.24) is 10.2 Å². The number of unbranched alkanes of at least 4 members (excludes halogenated alkanes) is 1. The molecule has 4 rings (SSSR count). The largest absolute Gasteiger partial charge is 0.366 e. The van der Waals surface area contributed by atoms with E-state index in [1.807, 2.05) is 31.2 Å². The predicted molar refractivity (Wildman–Crippen MR) is 115 cm³/mol. The van der Waals surface area contributed by atoms with Crippen molar-refractivity contribution < 1.29 is 4.79 Å². The Labute approximate surface area is 168 Å². The maximum absolute atomic E-state index is 12.2. The molecule has 1 saturated heterocycles. The fourth-order valence-electron chi connectivity index (χ4n) is 4.48. The smallest absolute Gasteiger partial charge is 0.251 e. The van der Waals surface area contributed by atoms with Crippen LogP contribution in [0.25, 0.3) is 0 Å². The minimum atomic E-state index is 0.0366. The van der Waals surface area contributed by atoms with Crippen molar-refractivity contribution in [2.75, 3.05) is 37.6 Å². The maximum atomic E-state index is 12.2. The fourth-order valence-corrected chi connectivity index (χ4v) is 4.48. The molecule has 2 aliphatic rings. The van der Waals surface area contributed by atoms with Crippen LogP contribution in [0.4, 0.5) is 5.69 Å². The molecule has 4 nitrogen and oxygen atoms in total. The van der Waals surface area contributed by atoms with Crippen LogP contribution in [0.1, 0.15) is 40.7 Å². The minimum Gasteiger partial charge on any atom is -0.366 e. The second-order valence-corrected chi connectivity index (χ2v) is 8.14. The molecule has 0 aliphatic carbocycles. The van der Waals surface area contributed by atoms with Gasteiger partial charge in [0.15, 0.2) is 0 Å². The third-order valence-corrected chi connectivity index (χ3v) is 6.12. The summed E-state index contributed by atoms with van der Waals surface area (Å²) in [7, 11) is 0. The van der Waals surface area contributed by atoms with Crippen LogP contribution in [0.2, 0.25) is 0 Å². The molecule has 1 unspecified atom stereocenters. The number of nitrogens with zero attached hydrogens (tertiary/aromatic N) is 2. The third kappa shape index (κ3) is 4.39. The maximum Gasteiger partial charge on any atom is 0.251 e. The number of hydrogen-bond donors (Lipinski definition) is 1. The fraction of sp³-hybridized carbons (Fsp3) is 0.458. The lowest BCUT2D eigenvalue weighted by atomic mass is 9.94. The normalized spacial score (nSPS) is 19.0. The van der Waals surface area contributed by atoms with Gasteiger partial charge in [0.1, 0.15) is 0 Å². The van der Waals surface area contributed by atoms with Crippen molar-refractivity contribution in [1.29, 1.82) is 0 Å². The number of nitrogens with one attached hydrogen (secondary N) is 1. The summed E-state index contributed by atoms with van der Waals surface area (Å²) in [5.74, 6) is 0.0366. The standard InChI is InChI=1S/C24H31N3O/c1-19-8-10-21(11-9-19)24(28)25-14-4-5-15-26-16-17-27-22(18-26)13-12-20-6-2-3-7-23(20)27/h2-3,6-11,22H,4-5,12-18H2,1H3,(H,25,28). The highest BCUT2D eigenvalue weighted by atomic mass is 16.1. The molecule has 148 valence electrons. The lowest BCUT2D eigenvalue weighted by molar-refractivity contribution is 0.0952. The summed E-state index contributed by atoms with van der Waals surface area (Å²) in [4.78, 5) is 17.4. The lowest BCUT2D eigenvalue weighted by Gasteiger charge is -2.46. The first kappa shape index (κ1) is 19.0. The molecule has 2 heterocycles. The number of carbonyl (C=O) groups is 1. The number of carbonyl (C=O) groups excluding carboxylic acids is 1. The average Bonchev–Trinajstić information content (AvgIpc) is 2.73. The highest BCUT2D eigenvalue weighted by molar-refractivity contribution is 5.94. The molecule has 1 N–H and O–H groups in total. The van der Waals surface area contributed by atoms with E-state index in [0.717, 1.165) is 44.6 Å². The number of hydrogen-bond acceptors (Lipinski definition) is 3. The van der Waals surface area contributed by atoms with E-state index in [-0.39, 0.29) is 5.91 Å². The van der Waals surface area contributed by atoms with Gasteiger partial charge in [-0.1, -0.05) is 35.9 Å². The Morgan fingerprint density at radius 1 is 1.07 bits per heavy atom. The van der Waals surface area contributed by atoms with Crippen molar-refractivity contribution in [2.24, 2.45) is 0 Å². The van der Waals surface area contributed by atoms with Crippen molar-refractivity contribution in [2.45, 2.75) is 38.6 Å². The van der Waals surface area contributed by atoms with E-state index < -0.39 is 0 Å². The van der Waals surface area contributed by atoms with Crippen LogP contribution in [-0.4, -0.2) is 49.6 Å². The van der Waals surface area contributed by atoms with Crippen molar-refractivity contribution in [3.05, 3.63) is 65.2 Å². The molecule has 2 aromatic carbocycles. The molecule has 28 heavy (non-hydrogen) atoms. The summed E-state index contributed by atoms with van der Waals surface area (Å²) in [5.41, 5.74) is 4.89. The van der Waals surface area contributed by atoms with Crippen LogP contribution >= 0.6 is 0 Å². The van der Waals surface area contributed by atoms with Gasteiger partial charge in [-0.3, -0.25) is 9.69 Å². The number of rotatable bonds is 6. The molecular formula is C24H31N3O. The minimum absolute atomic E-state index is 0.0366. The van der Waals surface area contributed by atoms with Gasteiger partial charge in [-0.2, -0.15) is 0 Å². The molecule has 1 amide bonds. The number of benzene rings is 2. The first-order valence-electron chi connectivity index (χ1n) is 10.6. The molecule has 0 bridgehead atoms. The lowest BCUT2D eigenvalue weighted by Crippen LogP contribution is -2.55. The Morgan fingerprint density at radius 3 is 2.75 bits per heavy atom. The highest BCUT2D eigenvalue weighted by Crippen LogP contribution is 2.32. The second kappa shape index (κ2) is 8.78. The number of aryl methyl sites for hydroxylation is 2. The van der Waals surface area contributed by atoms with Crippen molar-refractivity contribution in [3.63, 3.8) is 0 Å². The monoisotopic (exact) mass is 377 g/mol. The van der Waals surface area contributed by atoms with Crippen LogP contribution in [0.3, 0.4) is 0 Å². The van der Waals surface area contributed by atoms with Crippen molar-refractivity contribution >= 4 is 11.6 Å². The summed E-state index contributed by atoms with van der Waals surface area (Å²) < 4.78 is 0. The summed E-state index contributed by atoms with van der Waals surface area (Å²) in [6, 6.07) is 17.3. The predicted octanol–water partition coefficient (Wildman–Crippen LogP) is 3.64. The van der Waals surface area contributed by atoms with Gasteiger partial charge in [-0.25, -0.2) is 0 Å². The quantitative estimate of drug-likeness (QED) is 0.781. The molecule has 0 saturated carbocycles. The van der Waals surface area contributed by atoms with Gasteiger partial charge in [-0.05, 0) is 62.9 Å². The number of amides is 1. The Kier molecular flexibility index (Phi) is 5.96. The van der Waals surface area contributed by atoms with Gasteiger partial charge in [0.25, 0.3) is 5.91 Å². The zero-order valence-corrected chi connectivity index (χ0v) is 16.9. The van der Waals surface area contributed by atoms with E-state index in [1.165, 1.54) is 36.2 Å². The molecule has 4 heteroatoms. The molecule has 0 radical (unpaired) electrons. The first-order valence-corrected chi connectivity index (χ1v) is 10.6. The SMILES string of the molecule is Cc1ccc(C(=O)NCCCCN2CCN3c4ccccc4CCC3C2)cc1. The molecule has 2 aromatic rings. The average molecular weight is 378 g/mol. The Hall–Kier alpha value is -2.33. The van der Waals surface area contributed by atoms with Crippen molar-refractivity contribution in [3.8, 4) is 0 Å². The van der Waals surface area contributed by atoms with E-state index in [9.17, 15) is 4.79 Å². The van der Waals surface area contributed by atoms with Gasteiger partial charge < -0.3 is 10.2 Å². The highest BCUT2D eigenvalue weighted by Gasteiger charge is 2.30. The summed E-state index contributed by atoms with van der Waals surface area (Å²) in [5, 5.41) is 3.05. The summed E-state index contributed by atoms with van der Waals surface area (Å²) in [6.45, 7) is 7.36. The summed E-state index contributed by atoms with van der Waals surface area (Å²) in [6.07, 6.45) is 4.64. The van der Waals surface area contributed by atoms with Crippen LogP contribution < -0.4 is 10.2 Å². The first-order chi connectivity index (χ1) is 13.7. The second-order valence-electron chi connectivity index (χ2n) is 8.14. The van der Waals surface area contributed by atoms with E-state index in [2.05, 4.69) is 39.4 Å². The van der Waals surface area contributed by atoms with Gasteiger partial charge in [0, 0.05) is 43.5 Å². The molecule has 1 fully saturated rings. The Bertz CT molecular complexity index is 802. The number of fused-ring (bicyclic) bond motifs is 3. The molecule has 1 atom stereocenters.